The average Bonchev–Trinajstić information content (AvgIpc) is 3.33. The van der Waals surface area contributed by atoms with E-state index in [0.29, 0.717) is 12.3 Å². The Balaban J connectivity index is 1.97. The Labute approximate surface area is 245 Å². The van der Waals surface area contributed by atoms with Crippen molar-refractivity contribution in [2.75, 3.05) is 33.1 Å². The predicted octanol–water partition coefficient (Wildman–Crippen LogP) is 3.97. The lowest BCUT2D eigenvalue weighted by atomic mass is 9.98. The second kappa shape index (κ2) is 16.0. The number of fused-ring (bicyclic) bond motifs is 1. The molecule has 2 heterocycles. The molecule has 15 nitrogen and oxygen atoms in total. The number of hydrogen-bond donors (Lipinski definition) is 1. The first kappa shape index (κ1) is 35.2. The molecule has 0 aromatic carbocycles. The molecule has 2 aromatic rings. The van der Waals surface area contributed by atoms with Crippen LogP contribution in [-0.4, -0.2) is 70.5 Å². The minimum absolute atomic E-state index is 0.0117. The predicted molar refractivity (Wildman–Crippen MR) is 150 cm³/mol. The van der Waals surface area contributed by atoms with Gasteiger partial charge in [0.2, 0.25) is 13.6 Å². The van der Waals surface area contributed by atoms with Gasteiger partial charge in [-0.05, 0) is 48.0 Å². The van der Waals surface area contributed by atoms with Crippen molar-refractivity contribution in [3.8, 4) is 0 Å². The minimum atomic E-state index is -4.02. The number of carbonyl (C=O) groups is 3. The molecule has 0 atom stereocenters. The van der Waals surface area contributed by atoms with Gasteiger partial charge in [-0.25, -0.2) is 20.4 Å². The van der Waals surface area contributed by atoms with E-state index in [9.17, 15) is 18.9 Å². The monoisotopic (exact) mass is 615 g/mol. The van der Waals surface area contributed by atoms with Crippen molar-refractivity contribution >= 4 is 36.6 Å². The largest absolute Gasteiger partial charge is 0.438 e. The SMILES string of the molecule is CCCCCONC(=O)c1ncnc2c1ncn2CCOCP(=O)(OCOC(=O)C(C)(C)C)OCOC(=O)C(C)(C)C. The molecule has 0 fully saturated rings. The summed E-state index contributed by atoms with van der Waals surface area (Å²) in [6, 6.07) is 0. The molecule has 2 rings (SSSR count). The van der Waals surface area contributed by atoms with E-state index in [1.54, 1.807) is 46.1 Å². The lowest BCUT2D eigenvalue weighted by molar-refractivity contribution is -0.162. The fraction of sp³-hybridized carbons (Fsp3) is 0.692. The fourth-order valence-electron chi connectivity index (χ4n) is 3.00. The van der Waals surface area contributed by atoms with Crippen LogP contribution in [0.3, 0.4) is 0 Å². The molecule has 1 N–H and O–H groups in total. The second-order valence-corrected chi connectivity index (χ2v) is 13.3. The Kier molecular flexibility index (Phi) is 13.4. The topological polar surface area (TPSA) is 179 Å². The normalized spacial score (nSPS) is 12.4. The van der Waals surface area contributed by atoms with Crippen molar-refractivity contribution < 1.29 is 47.0 Å². The Morgan fingerprint density at radius 3 is 2.10 bits per heavy atom. The Morgan fingerprint density at radius 1 is 0.905 bits per heavy atom. The minimum Gasteiger partial charge on any atom is -0.438 e. The van der Waals surface area contributed by atoms with E-state index >= 15 is 0 Å². The fourth-order valence-corrected chi connectivity index (χ4v) is 4.01. The third-order valence-electron chi connectivity index (χ3n) is 5.46. The highest BCUT2D eigenvalue weighted by atomic mass is 31.2. The van der Waals surface area contributed by atoms with Crippen molar-refractivity contribution in [3.63, 3.8) is 0 Å². The van der Waals surface area contributed by atoms with E-state index in [-0.39, 0.29) is 24.4 Å². The molecule has 0 radical (unpaired) electrons. The smallest absolute Gasteiger partial charge is 0.361 e. The maximum absolute atomic E-state index is 13.3. The number of carbonyl (C=O) groups excluding carboxylic acids is 3. The van der Waals surface area contributed by atoms with Gasteiger partial charge in [0, 0.05) is 6.54 Å². The summed E-state index contributed by atoms with van der Waals surface area (Å²) in [5.74, 6) is -1.69. The van der Waals surface area contributed by atoms with Crippen molar-refractivity contribution in [2.24, 2.45) is 10.8 Å². The summed E-state index contributed by atoms with van der Waals surface area (Å²) in [6.45, 7) is 11.3. The van der Waals surface area contributed by atoms with E-state index in [2.05, 4.69) is 27.4 Å². The molecule has 236 valence electrons. The molecule has 0 saturated heterocycles. The number of rotatable bonds is 17. The van der Waals surface area contributed by atoms with Crippen LogP contribution in [0.2, 0.25) is 0 Å². The Hall–Kier alpha value is -2.97. The van der Waals surface area contributed by atoms with E-state index in [1.165, 1.54) is 12.7 Å². The van der Waals surface area contributed by atoms with Gasteiger partial charge < -0.3 is 18.8 Å². The van der Waals surface area contributed by atoms with Gasteiger partial charge in [0.05, 0.1) is 30.4 Å². The summed E-state index contributed by atoms with van der Waals surface area (Å²) < 4.78 is 41.0. The first-order valence-electron chi connectivity index (χ1n) is 13.6. The molecular formula is C26H42N5O10P. The Morgan fingerprint density at radius 2 is 1.52 bits per heavy atom. The number of hydroxylamine groups is 1. The van der Waals surface area contributed by atoms with Gasteiger partial charge in [-0.2, -0.15) is 0 Å². The number of amides is 1. The Bertz CT molecular complexity index is 1200. The summed E-state index contributed by atoms with van der Waals surface area (Å²) in [6.07, 6.45) is 5.01. The summed E-state index contributed by atoms with van der Waals surface area (Å²) in [5.41, 5.74) is 1.47. The van der Waals surface area contributed by atoms with Crippen molar-refractivity contribution in [3.05, 3.63) is 18.3 Å². The standard InChI is InChI=1S/C26H42N5O10P/c1-8-9-10-12-39-30-22(32)20-19-21(28-14-27-20)31(15-29-19)11-13-36-18-42(35,40-16-37-23(33)25(2,3)4)41-17-38-24(34)26(5,6)7/h14-15H,8-13,16-18H2,1-7H3,(H,30,32). The number of unbranched alkanes of at least 4 members (excludes halogenated alkanes) is 2. The third kappa shape index (κ3) is 11.4. The number of aromatic nitrogens is 4. The zero-order valence-electron chi connectivity index (χ0n) is 25.3. The molecule has 16 heteroatoms. The molecule has 0 bridgehead atoms. The molecular weight excluding hydrogens is 573 g/mol. The first-order valence-corrected chi connectivity index (χ1v) is 15.3. The maximum atomic E-state index is 13.3. The van der Waals surface area contributed by atoms with Crippen LogP contribution >= 0.6 is 7.60 Å². The van der Waals surface area contributed by atoms with E-state index in [1.807, 2.05) is 0 Å². The van der Waals surface area contributed by atoms with Gasteiger partial charge in [0.1, 0.15) is 18.2 Å². The molecule has 0 spiro atoms. The molecule has 42 heavy (non-hydrogen) atoms. The molecule has 0 aliphatic carbocycles. The van der Waals surface area contributed by atoms with Gasteiger partial charge in [-0.1, -0.05) is 19.8 Å². The van der Waals surface area contributed by atoms with Gasteiger partial charge >= 0.3 is 19.5 Å². The molecule has 0 aliphatic rings. The maximum Gasteiger partial charge on any atom is 0.361 e. The molecule has 1 amide bonds. The summed E-state index contributed by atoms with van der Waals surface area (Å²) in [4.78, 5) is 54.3. The van der Waals surface area contributed by atoms with E-state index in [4.69, 9.17) is 28.1 Å². The molecule has 0 saturated carbocycles. The molecule has 2 aromatic heterocycles. The first-order chi connectivity index (χ1) is 19.7. The number of nitrogens with zero attached hydrogens (tertiary/aromatic N) is 4. The van der Waals surface area contributed by atoms with Gasteiger partial charge in [-0.3, -0.25) is 32.8 Å². The van der Waals surface area contributed by atoms with Crippen LogP contribution in [0.15, 0.2) is 12.7 Å². The van der Waals surface area contributed by atoms with Crippen molar-refractivity contribution in [1.29, 1.82) is 0 Å². The van der Waals surface area contributed by atoms with Gasteiger partial charge in [-0.15, -0.1) is 0 Å². The summed E-state index contributed by atoms with van der Waals surface area (Å²) in [5, 5.41) is 0. The number of nitrogens with one attached hydrogen (secondary N) is 1. The highest BCUT2D eigenvalue weighted by Crippen LogP contribution is 2.48. The third-order valence-corrected chi connectivity index (χ3v) is 6.96. The summed E-state index contributed by atoms with van der Waals surface area (Å²) in [7, 11) is -4.02. The lowest BCUT2D eigenvalue weighted by Crippen LogP contribution is -2.25. The highest BCUT2D eigenvalue weighted by Gasteiger charge is 2.30. The van der Waals surface area contributed by atoms with Crippen LogP contribution in [0, 0.1) is 10.8 Å². The van der Waals surface area contributed by atoms with Gasteiger partial charge in [0.25, 0.3) is 5.91 Å². The zero-order chi connectivity index (χ0) is 31.4. The van der Waals surface area contributed by atoms with Crippen LogP contribution in [0.4, 0.5) is 0 Å². The zero-order valence-corrected chi connectivity index (χ0v) is 26.2. The average molecular weight is 616 g/mol. The number of imidazole rings is 1. The van der Waals surface area contributed by atoms with Crippen LogP contribution in [0.5, 0.6) is 0 Å². The van der Waals surface area contributed by atoms with Gasteiger partial charge in [0.15, 0.2) is 11.3 Å². The van der Waals surface area contributed by atoms with Crippen LogP contribution in [0.25, 0.3) is 11.2 Å². The van der Waals surface area contributed by atoms with Crippen molar-refractivity contribution in [2.45, 2.75) is 74.3 Å². The molecule has 0 aliphatic heterocycles. The van der Waals surface area contributed by atoms with Crippen LogP contribution in [0.1, 0.15) is 78.2 Å². The molecule has 0 unspecified atom stereocenters. The highest BCUT2D eigenvalue weighted by molar-refractivity contribution is 7.53. The van der Waals surface area contributed by atoms with Crippen LogP contribution < -0.4 is 5.48 Å². The number of hydrogen-bond acceptors (Lipinski definition) is 13. The van der Waals surface area contributed by atoms with E-state index < -0.39 is 56.2 Å². The quantitative estimate of drug-likeness (QED) is 0.0889. The number of esters is 2. The van der Waals surface area contributed by atoms with E-state index in [0.717, 1.165) is 19.3 Å². The van der Waals surface area contributed by atoms with Crippen LogP contribution in [-0.2, 0) is 48.8 Å². The summed E-state index contributed by atoms with van der Waals surface area (Å²) >= 11 is 0. The number of ether oxygens (including phenoxy) is 3. The second-order valence-electron chi connectivity index (χ2n) is 11.3. The van der Waals surface area contributed by atoms with Crippen molar-refractivity contribution in [1.82, 2.24) is 25.0 Å². The lowest BCUT2D eigenvalue weighted by Gasteiger charge is -2.22.